The third-order valence-electron chi connectivity index (χ3n) is 5.18. The van der Waals surface area contributed by atoms with Crippen molar-refractivity contribution >= 4 is 35.8 Å². The van der Waals surface area contributed by atoms with E-state index in [1.165, 1.54) is 37.8 Å². The predicted molar refractivity (Wildman–Crippen MR) is 130 cm³/mol. The van der Waals surface area contributed by atoms with Crippen LogP contribution >= 0.6 is 24.0 Å². The first-order valence-electron chi connectivity index (χ1n) is 10.9. The Morgan fingerprint density at radius 1 is 1.17 bits per heavy atom. The van der Waals surface area contributed by atoms with Gasteiger partial charge < -0.3 is 16.0 Å². The van der Waals surface area contributed by atoms with Gasteiger partial charge in [-0.05, 0) is 52.0 Å². The number of aromatic nitrogens is 2. The molecular formula is C21H39IN6O. The largest absolute Gasteiger partial charge is 0.357 e. The highest BCUT2D eigenvalue weighted by Crippen LogP contribution is 2.25. The first-order valence-corrected chi connectivity index (χ1v) is 10.9. The van der Waals surface area contributed by atoms with Gasteiger partial charge >= 0.3 is 0 Å². The molecule has 1 aromatic heterocycles. The van der Waals surface area contributed by atoms with Crippen molar-refractivity contribution < 1.29 is 4.79 Å². The number of nitrogens with zero attached hydrogens (tertiary/aromatic N) is 3. The Morgan fingerprint density at radius 2 is 1.90 bits per heavy atom. The highest BCUT2D eigenvalue weighted by molar-refractivity contribution is 14.0. The van der Waals surface area contributed by atoms with Gasteiger partial charge in [-0.2, -0.15) is 5.10 Å². The molecular weight excluding hydrogens is 479 g/mol. The molecule has 0 bridgehead atoms. The number of guanidine groups is 1. The quantitative estimate of drug-likeness (QED) is 0.192. The number of aryl methyl sites for hydroxylation is 3. The van der Waals surface area contributed by atoms with Crippen LogP contribution in [0.15, 0.2) is 11.1 Å². The van der Waals surface area contributed by atoms with Crippen molar-refractivity contribution in [1.29, 1.82) is 0 Å². The van der Waals surface area contributed by atoms with Crippen LogP contribution in [0.3, 0.4) is 0 Å². The molecule has 3 N–H and O–H groups in total. The summed E-state index contributed by atoms with van der Waals surface area (Å²) in [4.78, 5) is 16.7. The lowest BCUT2D eigenvalue weighted by molar-refractivity contribution is -0.122. The van der Waals surface area contributed by atoms with Crippen LogP contribution in [0.1, 0.15) is 63.3 Å². The van der Waals surface area contributed by atoms with Crippen LogP contribution in [0.25, 0.3) is 0 Å². The van der Waals surface area contributed by atoms with Crippen molar-refractivity contribution in [2.45, 2.75) is 72.3 Å². The fraction of sp³-hybridized carbons (Fsp3) is 0.762. The zero-order valence-electron chi connectivity index (χ0n) is 18.3. The summed E-state index contributed by atoms with van der Waals surface area (Å²) in [7, 11) is 0. The number of rotatable bonds is 10. The summed E-state index contributed by atoms with van der Waals surface area (Å²) < 4.78 is 2.03. The summed E-state index contributed by atoms with van der Waals surface area (Å²) in [6, 6.07) is 2.09. The maximum absolute atomic E-state index is 12.1. The van der Waals surface area contributed by atoms with Gasteiger partial charge in [0.05, 0.1) is 5.69 Å². The Balaban J connectivity index is 0.00000420. The van der Waals surface area contributed by atoms with Crippen LogP contribution < -0.4 is 16.0 Å². The summed E-state index contributed by atoms with van der Waals surface area (Å²) in [5, 5.41) is 14.1. The fourth-order valence-corrected chi connectivity index (χ4v) is 3.76. The van der Waals surface area contributed by atoms with Crippen molar-refractivity contribution in [1.82, 2.24) is 25.7 Å². The van der Waals surface area contributed by atoms with Gasteiger partial charge in [0.15, 0.2) is 5.96 Å². The van der Waals surface area contributed by atoms with E-state index in [1.807, 2.05) is 11.6 Å². The average Bonchev–Trinajstić information content (AvgIpc) is 3.00. The molecule has 29 heavy (non-hydrogen) atoms. The van der Waals surface area contributed by atoms with Gasteiger partial charge in [-0.1, -0.05) is 19.3 Å². The van der Waals surface area contributed by atoms with Gasteiger partial charge in [0.2, 0.25) is 5.91 Å². The first kappa shape index (κ1) is 25.7. The van der Waals surface area contributed by atoms with E-state index in [-0.39, 0.29) is 29.9 Å². The molecule has 0 unspecified atom stereocenters. The monoisotopic (exact) mass is 518 g/mol. The lowest BCUT2D eigenvalue weighted by Crippen LogP contribution is -2.41. The molecule has 0 radical (unpaired) electrons. The van der Waals surface area contributed by atoms with Crippen LogP contribution in [0.5, 0.6) is 0 Å². The van der Waals surface area contributed by atoms with Gasteiger partial charge in [0, 0.05) is 44.8 Å². The highest BCUT2D eigenvalue weighted by Gasteiger charge is 2.16. The second-order valence-corrected chi connectivity index (χ2v) is 7.75. The maximum atomic E-state index is 12.1. The molecule has 1 aromatic rings. The molecule has 1 aliphatic rings. The SMILES string of the molecule is CCNC(=NCCCn1nc(C)cc1C)NCCNC(=O)CC1CCCCC1.I. The minimum atomic E-state index is 0. The van der Waals surface area contributed by atoms with Crippen molar-refractivity contribution in [2.24, 2.45) is 10.9 Å². The standard InChI is InChI=1S/C21H38N6O.HI/c1-4-22-21(24-11-8-14-27-18(3)15-17(2)26-27)25-13-12-23-20(28)16-19-9-6-5-7-10-19;/h15,19H,4-14,16H2,1-3H3,(H,23,28)(H2,22,24,25);1H. The number of amides is 1. The summed E-state index contributed by atoms with van der Waals surface area (Å²) in [5.74, 6) is 1.57. The molecule has 166 valence electrons. The number of carbonyl (C=O) groups excluding carboxylic acids is 1. The van der Waals surface area contributed by atoms with Crippen LogP contribution in [-0.4, -0.2) is 47.8 Å². The normalized spacial score (nSPS) is 14.9. The second kappa shape index (κ2) is 14.6. The Bertz CT molecular complexity index is 625. The van der Waals surface area contributed by atoms with E-state index in [4.69, 9.17) is 0 Å². The maximum Gasteiger partial charge on any atom is 0.220 e. The van der Waals surface area contributed by atoms with Gasteiger partial charge in [-0.15, -0.1) is 24.0 Å². The van der Waals surface area contributed by atoms with Gasteiger partial charge in [0.25, 0.3) is 0 Å². The van der Waals surface area contributed by atoms with Crippen LogP contribution in [0.2, 0.25) is 0 Å². The molecule has 0 atom stereocenters. The van der Waals surface area contributed by atoms with Gasteiger partial charge in [-0.3, -0.25) is 14.5 Å². The Labute approximate surface area is 192 Å². The van der Waals surface area contributed by atoms with Crippen molar-refractivity contribution in [3.8, 4) is 0 Å². The summed E-state index contributed by atoms with van der Waals surface area (Å²) in [6.45, 7) is 9.89. The smallest absolute Gasteiger partial charge is 0.220 e. The minimum absolute atomic E-state index is 0. The zero-order chi connectivity index (χ0) is 20.2. The third kappa shape index (κ3) is 10.3. The number of hydrogen-bond donors (Lipinski definition) is 3. The Kier molecular flexibility index (Phi) is 13.0. The van der Waals surface area contributed by atoms with E-state index >= 15 is 0 Å². The van der Waals surface area contributed by atoms with Crippen LogP contribution in [0, 0.1) is 19.8 Å². The van der Waals surface area contributed by atoms with Crippen LogP contribution in [0.4, 0.5) is 0 Å². The molecule has 2 rings (SSSR count). The van der Waals surface area contributed by atoms with Crippen LogP contribution in [-0.2, 0) is 11.3 Å². The minimum Gasteiger partial charge on any atom is -0.357 e. The molecule has 0 aromatic carbocycles. The second-order valence-electron chi connectivity index (χ2n) is 7.75. The number of halogens is 1. The zero-order valence-corrected chi connectivity index (χ0v) is 20.6. The number of carbonyl (C=O) groups is 1. The summed E-state index contributed by atoms with van der Waals surface area (Å²) in [5.41, 5.74) is 2.25. The molecule has 7 nitrogen and oxygen atoms in total. The predicted octanol–water partition coefficient (Wildman–Crippen LogP) is 3.15. The Hall–Kier alpha value is -1.32. The molecule has 8 heteroatoms. The molecule has 1 fully saturated rings. The summed E-state index contributed by atoms with van der Waals surface area (Å²) >= 11 is 0. The first-order chi connectivity index (χ1) is 13.6. The lowest BCUT2D eigenvalue weighted by atomic mass is 9.87. The molecule has 1 aliphatic carbocycles. The molecule has 0 spiro atoms. The lowest BCUT2D eigenvalue weighted by Gasteiger charge is -2.20. The van der Waals surface area contributed by atoms with E-state index in [9.17, 15) is 4.79 Å². The number of aliphatic imine (C=N–C) groups is 1. The van der Waals surface area contributed by atoms with E-state index in [1.54, 1.807) is 0 Å². The van der Waals surface area contributed by atoms with E-state index in [0.717, 1.165) is 37.7 Å². The van der Waals surface area contributed by atoms with Gasteiger partial charge in [-0.25, -0.2) is 0 Å². The highest BCUT2D eigenvalue weighted by atomic mass is 127. The molecule has 1 amide bonds. The van der Waals surface area contributed by atoms with Gasteiger partial charge in [0.1, 0.15) is 0 Å². The average molecular weight is 518 g/mol. The third-order valence-corrected chi connectivity index (χ3v) is 5.18. The van der Waals surface area contributed by atoms with E-state index in [0.29, 0.717) is 25.4 Å². The van der Waals surface area contributed by atoms with Crippen molar-refractivity contribution in [3.05, 3.63) is 17.5 Å². The van der Waals surface area contributed by atoms with Crippen molar-refractivity contribution in [2.75, 3.05) is 26.2 Å². The van der Waals surface area contributed by atoms with E-state index < -0.39 is 0 Å². The van der Waals surface area contributed by atoms with E-state index in [2.05, 4.69) is 46.0 Å². The number of hydrogen-bond acceptors (Lipinski definition) is 3. The summed E-state index contributed by atoms with van der Waals surface area (Å²) in [6.07, 6.45) is 7.93. The fourth-order valence-electron chi connectivity index (χ4n) is 3.76. The molecule has 0 saturated heterocycles. The number of nitrogens with one attached hydrogen (secondary N) is 3. The molecule has 0 aliphatic heterocycles. The topological polar surface area (TPSA) is 83.3 Å². The molecule has 1 heterocycles. The van der Waals surface area contributed by atoms with Crippen molar-refractivity contribution in [3.63, 3.8) is 0 Å². The Morgan fingerprint density at radius 3 is 2.55 bits per heavy atom. The molecule has 1 saturated carbocycles.